The molecule has 2 rings (SSSR count). The number of carbonyl (C=O) groups excluding carboxylic acids is 4. The van der Waals surface area contributed by atoms with Crippen LogP contribution in [-0.2, 0) is 23.8 Å². The predicted molar refractivity (Wildman–Crippen MR) is 103 cm³/mol. The SMILES string of the molecule is CCOC(=O)NC(=O)C(C=Nc1ccc(N2CCOC2=O)cc1C)C(=O)OCC. The molecule has 1 N–H and O–H groups in total. The highest BCUT2D eigenvalue weighted by Crippen LogP contribution is 2.26. The fraction of sp³-hybridized carbons (Fsp3) is 0.421. The number of aryl methyl sites for hydroxylation is 1. The Morgan fingerprint density at radius 3 is 2.59 bits per heavy atom. The first-order chi connectivity index (χ1) is 13.9. The maximum atomic E-state index is 12.3. The second-order valence-corrected chi connectivity index (χ2v) is 5.95. The first-order valence-electron chi connectivity index (χ1n) is 9.10. The van der Waals surface area contributed by atoms with E-state index in [0.717, 1.165) is 6.21 Å². The molecule has 156 valence electrons. The summed E-state index contributed by atoms with van der Waals surface area (Å²) in [6, 6.07) is 5.08. The number of anilines is 1. The molecule has 10 nitrogen and oxygen atoms in total. The molecule has 3 amide bonds. The van der Waals surface area contributed by atoms with Crippen molar-refractivity contribution in [3.05, 3.63) is 23.8 Å². The van der Waals surface area contributed by atoms with Crippen LogP contribution in [0, 0.1) is 12.8 Å². The molecule has 1 aliphatic rings. The molecular formula is C19H23N3O7. The zero-order valence-electron chi connectivity index (χ0n) is 16.5. The highest BCUT2D eigenvalue weighted by Gasteiger charge is 2.28. The Kier molecular flexibility index (Phi) is 7.70. The molecule has 0 radical (unpaired) electrons. The van der Waals surface area contributed by atoms with Crippen LogP contribution < -0.4 is 10.2 Å². The molecule has 1 atom stereocenters. The maximum absolute atomic E-state index is 12.3. The third kappa shape index (κ3) is 5.77. The summed E-state index contributed by atoms with van der Waals surface area (Å²) in [4.78, 5) is 53.2. The van der Waals surface area contributed by atoms with Gasteiger partial charge in [0.25, 0.3) is 0 Å². The molecule has 0 aliphatic carbocycles. The molecule has 1 heterocycles. The lowest BCUT2D eigenvalue weighted by Crippen LogP contribution is -2.40. The third-order valence-electron chi connectivity index (χ3n) is 3.94. The van der Waals surface area contributed by atoms with Gasteiger partial charge in [0, 0.05) is 11.9 Å². The number of alkyl carbamates (subject to hydrolysis) is 1. The Bertz CT molecular complexity index is 822. The number of rotatable bonds is 7. The first kappa shape index (κ1) is 21.9. The van der Waals surface area contributed by atoms with Gasteiger partial charge >= 0.3 is 18.2 Å². The number of aliphatic imine (C=N–C) groups is 1. The van der Waals surface area contributed by atoms with E-state index in [-0.39, 0.29) is 13.2 Å². The summed E-state index contributed by atoms with van der Waals surface area (Å²) in [7, 11) is 0. The molecule has 10 heteroatoms. The number of hydrogen-bond donors (Lipinski definition) is 1. The van der Waals surface area contributed by atoms with E-state index in [9.17, 15) is 19.2 Å². The minimum Gasteiger partial charge on any atom is -0.465 e. The summed E-state index contributed by atoms with van der Waals surface area (Å²) in [5, 5.41) is 1.97. The Morgan fingerprint density at radius 1 is 1.28 bits per heavy atom. The van der Waals surface area contributed by atoms with Gasteiger partial charge in [0.1, 0.15) is 6.61 Å². The van der Waals surface area contributed by atoms with Crippen LogP contribution in [0.1, 0.15) is 19.4 Å². The fourth-order valence-electron chi connectivity index (χ4n) is 2.55. The monoisotopic (exact) mass is 405 g/mol. The van der Waals surface area contributed by atoms with Crippen LogP contribution >= 0.6 is 0 Å². The normalized spacial score (nSPS) is 14.4. The Morgan fingerprint density at radius 2 is 2.00 bits per heavy atom. The molecule has 1 aromatic rings. The van der Waals surface area contributed by atoms with Gasteiger partial charge in [0.05, 0.1) is 25.4 Å². The van der Waals surface area contributed by atoms with Crippen LogP contribution in [0.15, 0.2) is 23.2 Å². The molecule has 1 saturated heterocycles. The summed E-state index contributed by atoms with van der Waals surface area (Å²) in [6.45, 7) is 5.89. The van der Waals surface area contributed by atoms with Crippen molar-refractivity contribution in [2.24, 2.45) is 10.9 Å². The molecule has 1 aliphatic heterocycles. The van der Waals surface area contributed by atoms with Crippen LogP contribution in [0.4, 0.5) is 21.0 Å². The van der Waals surface area contributed by atoms with Crippen LogP contribution in [-0.4, -0.2) is 56.6 Å². The lowest BCUT2D eigenvalue weighted by Gasteiger charge is -2.14. The fourth-order valence-corrected chi connectivity index (χ4v) is 2.55. The molecule has 0 saturated carbocycles. The minimum absolute atomic E-state index is 0.0650. The molecule has 0 bridgehead atoms. The van der Waals surface area contributed by atoms with Gasteiger partial charge in [0.2, 0.25) is 5.91 Å². The summed E-state index contributed by atoms with van der Waals surface area (Å²) < 4.78 is 14.4. The molecule has 1 aromatic carbocycles. The quantitative estimate of drug-likeness (QED) is 0.319. The third-order valence-corrected chi connectivity index (χ3v) is 3.94. The van der Waals surface area contributed by atoms with Gasteiger partial charge in [-0.15, -0.1) is 0 Å². The van der Waals surface area contributed by atoms with Crippen molar-refractivity contribution in [2.45, 2.75) is 20.8 Å². The largest absolute Gasteiger partial charge is 0.465 e. The molecular weight excluding hydrogens is 382 g/mol. The zero-order valence-corrected chi connectivity index (χ0v) is 16.5. The summed E-state index contributed by atoms with van der Waals surface area (Å²) in [6.07, 6.45) is -0.268. The zero-order chi connectivity index (χ0) is 21.4. The number of carbonyl (C=O) groups is 4. The van der Waals surface area contributed by atoms with E-state index in [4.69, 9.17) is 9.47 Å². The van der Waals surface area contributed by atoms with Crippen molar-refractivity contribution in [3.8, 4) is 0 Å². The van der Waals surface area contributed by atoms with E-state index in [0.29, 0.717) is 30.1 Å². The van der Waals surface area contributed by atoms with Crippen LogP contribution in [0.3, 0.4) is 0 Å². The summed E-state index contributed by atoms with van der Waals surface area (Å²) in [5.74, 6) is -3.17. The van der Waals surface area contributed by atoms with E-state index in [1.165, 1.54) is 4.90 Å². The maximum Gasteiger partial charge on any atom is 0.414 e. The summed E-state index contributed by atoms with van der Waals surface area (Å²) >= 11 is 0. The molecule has 1 unspecified atom stereocenters. The molecule has 0 aromatic heterocycles. The minimum atomic E-state index is -1.42. The Balaban J connectivity index is 2.18. The van der Waals surface area contributed by atoms with Crippen molar-refractivity contribution in [3.63, 3.8) is 0 Å². The number of ether oxygens (including phenoxy) is 3. The number of cyclic esters (lactones) is 1. The lowest BCUT2D eigenvalue weighted by atomic mass is 10.1. The number of benzene rings is 1. The average Bonchev–Trinajstić information content (AvgIpc) is 3.09. The number of imide groups is 1. The second-order valence-electron chi connectivity index (χ2n) is 5.95. The molecule has 0 spiro atoms. The van der Waals surface area contributed by atoms with Gasteiger partial charge in [-0.1, -0.05) is 0 Å². The lowest BCUT2D eigenvalue weighted by molar-refractivity contribution is -0.148. The van der Waals surface area contributed by atoms with Crippen molar-refractivity contribution < 1.29 is 33.4 Å². The van der Waals surface area contributed by atoms with Crippen molar-refractivity contribution in [1.82, 2.24) is 5.32 Å². The smallest absolute Gasteiger partial charge is 0.414 e. The molecule has 1 fully saturated rings. The molecule has 29 heavy (non-hydrogen) atoms. The van der Waals surface area contributed by atoms with Crippen molar-refractivity contribution in [1.29, 1.82) is 0 Å². The van der Waals surface area contributed by atoms with Gasteiger partial charge in [-0.05, 0) is 44.5 Å². The number of amides is 3. The summed E-state index contributed by atoms with van der Waals surface area (Å²) in [5.41, 5.74) is 1.86. The number of nitrogens with zero attached hydrogens (tertiary/aromatic N) is 2. The Hall–Kier alpha value is -3.43. The van der Waals surface area contributed by atoms with E-state index < -0.39 is 30.0 Å². The van der Waals surface area contributed by atoms with Crippen LogP contribution in [0.25, 0.3) is 0 Å². The van der Waals surface area contributed by atoms with Gasteiger partial charge in [-0.2, -0.15) is 0 Å². The van der Waals surface area contributed by atoms with E-state index in [2.05, 4.69) is 9.73 Å². The first-order valence-corrected chi connectivity index (χ1v) is 9.10. The van der Waals surface area contributed by atoms with Crippen molar-refractivity contribution >= 4 is 41.7 Å². The second kappa shape index (κ2) is 10.2. The average molecular weight is 405 g/mol. The van der Waals surface area contributed by atoms with Gasteiger partial charge in [0.15, 0.2) is 5.92 Å². The van der Waals surface area contributed by atoms with E-state index in [1.807, 2.05) is 5.32 Å². The van der Waals surface area contributed by atoms with Crippen LogP contribution in [0.2, 0.25) is 0 Å². The van der Waals surface area contributed by atoms with E-state index in [1.54, 1.807) is 39.0 Å². The standard InChI is InChI=1S/C19H23N3O7/c1-4-27-17(24)14(16(23)21-18(25)28-5-2)11-20-15-7-6-13(10-12(15)3)22-8-9-29-19(22)26/h6-7,10-11,14H,4-5,8-9H2,1-3H3,(H,21,23,25). The Labute approximate surface area is 167 Å². The topological polar surface area (TPSA) is 124 Å². The van der Waals surface area contributed by atoms with Gasteiger partial charge in [-0.25, -0.2) is 9.59 Å². The highest BCUT2D eigenvalue weighted by molar-refractivity contribution is 6.14. The van der Waals surface area contributed by atoms with Crippen molar-refractivity contribution in [2.75, 3.05) is 31.3 Å². The van der Waals surface area contributed by atoms with E-state index >= 15 is 0 Å². The van der Waals surface area contributed by atoms with Gasteiger partial charge < -0.3 is 14.2 Å². The van der Waals surface area contributed by atoms with Crippen LogP contribution in [0.5, 0.6) is 0 Å². The number of esters is 1. The number of hydrogen-bond acceptors (Lipinski definition) is 8. The highest BCUT2D eigenvalue weighted by atomic mass is 16.6. The number of nitrogens with one attached hydrogen (secondary N) is 1. The van der Waals surface area contributed by atoms with Gasteiger partial charge in [-0.3, -0.25) is 24.8 Å². The predicted octanol–water partition coefficient (Wildman–Crippen LogP) is 2.11.